The van der Waals surface area contributed by atoms with Crippen LogP contribution in [0.5, 0.6) is 0 Å². The second kappa shape index (κ2) is 4.09. The van der Waals surface area contributed by atoms with E-state index in [1.807, 2.05) is 12.1 Å². The molecule has 0 saturated carbocycles. The smallest absolute Gasteiger partial charge is 0.337 e. The summed E-state index contributed by atoms with van der Waals surface area (Å²) in [5.74, 6) is -0.733. The fourth-order valence-corrected chi connectivity index (χ4v) is 4.40. The van der Waals surface area contributed by atoms with Gasteiger partial charge in [-0.05, 0) is 18.6 Å². The van der Waals surface area contributed by atoms with Gasteiger partial charge in [0.25, 0.3) is 0 Å². The third-order valence-electron chi connectivity index (χ3n) is 3.57. The molecule has 0 amide bonds. The minimum atomic E-state index is -2.99. The molecule has 2 heterocycles. The van der Waals surface area contributed by atoms with Crippen LogP contribution in [0.2, 0.25) is 0 Å². The minimum Gasteiger partial charge on any atom is -0.478 e. The van der Waals surface area contributed by atoms with Gasteiger partial charge in [0, 0.05) is 17.6 Å². The number of fused-ring (bicyclic) bond motifs is 1. The molecule has 1 aromatic carbocycles. The Labute approximate surface area is 110 Å². The van der Waals surface area contributed by atoms with Crippen molar-refractivity contribution in [1.29, 1.82) is 0 Å². The lowest BCUT2D eigenvalue weighted by molar-refractivity contribution is 0.0698. The van der Waals surface area contributed by atoms with E-state index in [1.54, 1.807) is 22.9 Å². The lowest BCUT2D eigenvalue weighted by Crippen LogP contribution is -2.11. The van der Waals surface area contributed by atoms with Crippen LogP contribution in [-0.2, 0) is 9.84 Å². The van der Waals surface area contributed by atoms with Crippen molar-refractivity contribution < 1.29 is 18.3 Å². The molecule has 6 heteroatoms. The topological polar surface area (TPSA) is 76.4 Å². The SMILES string of the molecule is O=C(O)c1cccc2ccn(C3CCS(=O)(=O)C3)c12. The monoisotopic (exact) mass is 279 g/mol. The summed E-state index contributed by atoms with van der Waals surface area (Å²) in [6.45, 7) is 0. The van der Waals surface area contributed by atoms with Crippen LogP contribution in [0, 0.1) is 0 Å². The predicted octanol–water partition coefficient (Wildman–Crippen LogP) is 1.70. The molecule has 2 aromatic rings. The molecular weight excluding hydrogens is 266 g/mol. The molecule has 0 bridgehead atoms. The first-order chi connectivity index (χ1) is 8.98. The van der Waals surface area contributed by atoms with Gasteiger partial charge in [-0.25, -0.2) is 13.2 Å². The summed E-state index contributed by atoms with van der Waals surface area (Å²) in [5.41, 5.74) is 0.823. The molecule has 1 aliphatic rings. The van der Waals surface area contributed by atoms with Crippen molar-refractivity contribution in [2.45, 2.75) is 12.5 Å². The van der Waals surface area contributed by atoms with Crippen LogP contribution < -0.4 is 0 Å². The number of carboxylic acids is 1. The molecule has 100 valence electrons. The fraction of sp³-hybridized carbons (Fsp3) is 0.308. The maximum atomic E-state index is 11.6. The molecular formula is C13H13NO4S. The van der Waals surface area contributed by atoms with Gasteiger partial charge in [-0.15, -0.1) is 0 Å². The van der Waals surface area contributed by atoms with E-state index >= 15 is 0 Å². The van der Waals surface area contributed by atoms with E-state index in [0.29, 0.717) is 11.9 Å². The van der Waals surface area contributed by atoms with Crippen molar-refractivity contribution in [3.8, 4) is 0 Å². The zero-order valence-corrected chi connectivity index (χ0v) is 10.9. The first kappa shape index (κ1) is 12.2. The lowest BCUT2D eigenvalue weighted by Gasteiger charge is -2.13. The molecule has 1 fully saturated rings. The number of carbonyl (C=O) groups is 1. The molecule has 1 aliphatic heterocycles. The number of carboxylic acid groups (broad SMARTS) is 1. The van der Waals surface area contributed by atoms with Crippen molar-refractivity contribution >= 4 is 26.7 Å². The van der Waals surface area contributed by atoms with Gasteiger partial charge in [0.05, 0.1) is 22.6 Å². The number of hydrogen-bond donors (Lipinski definition) is 1. The summed E-state index contributed by atoms with van der Waals surface area (Å²) in [6, 6.07) is 6.74. The quantitative estimate of drug-likeness (QED) is 0.907. The molecule has 19 heavy (non-hydrogen) atoms. The summed E-state index contributed by atoms with van der Waals surface area (Å²) in [4.78, 5) is 11.3. The highest BCUT2D eigenvalue weighted by molar-refractivity contribution is 7.91. The number of aromatic nitrogens is 1. The molecule has 1 atom stereocenters. The molecule has 0 spiro atoms. The van der Waals surface area contributed by atoms with Gasteiger partial charge in [0.1, 0.15) is 0 Å². The number of nitrogens with zero attached hydrogens (tertiary/aromatic N) is 1. The van der Waals surface area contributed by atoms with Crippen LogP contribution >= 0.6 is 0 Å². The summed E-state index contributed by atoms with van der Waals surface area (Å²) in [7, 11) is -2.99. The van der Waals surface area contributed by atoms with Crippen LogP contribution in [0.25, 0.3) is 10.9 Å². The Bertz CT molecular complexity index is 760. The third-order valence-corrected chi connectivity index (χ3v) is 5.32. The Morgan fingerprint density at radius 1 is 1.32 bits per heavy atom. The first-order valence-electron chi connectivity index (χ1n) is 6.01. The molecule has 0 radical (unpaired) electrons. The highest BCUT2D eigenvalue weighted by Crippen LogP contribution is 2.30. The van der Waals surface area contributed by atoms with Crippen molar-refractivity contribution in [3.05, 3.63) is 36.0 Å². The van der Waals surface area contributed by atoms with Crippen LogP contribution in [-0.4, -0.2) is 35.6 Å². The molecule has 1 N–H and O–H groups in total. The average Bonchev–Trinajstić information content (AvgIpc) is 2.91. The fourth-order valence-electron chi connectivity index (χ4n) is 2.69. The number of aromatic carboxylic acids is 1. The minimum absolute atomic E-state index is 0.0880. The van der Waals surface area contributed by atoms with Gasteiger partial charge in [-0.2, -0.15) is 0 Å². The molecule has 1 aromatic heterocycles. The number of para-hydroxylation sites is 1. The normalized spacial score (nSPS) is 21.8. The van der Waals surface area contributed by atoms with E-state index in [-0.39, 0.29) is 23.1 Å². The van der Waals surface area contributed by atoms with Crippen LogP contribution in [0.4, 0.5) is 0 Å². The third kappa shape index (κ3) is 2.02. The van der Waals surface area contributed by atoms with Gasteiger partial charge in [-0.1, -0.05) is 12.1 Å². The number of benzene rings is 1. The molecule has 3 rings (SSSR count). The average molecular weight is 279 g/mol. The zero-order chi connectivity index (χ0) is 13.6. The Morgan fingerprint density at radius 3 is 2.74 bits per heavy atom. The van der Waals surface area contributed by atoms with Crippen LogP contribution in [0.15, 0.2) is 30.5 Å². The van der Waals surface area contributed by atoms with E-state index in [0.717, 1.165) is 5.39 Å². The van der Waals surface area contributed by atoms with E-state index in [2.05, 4.69) is 0 Å². The van der Waals surface area contributed by atoms with Crippen molar-refractivity contribution in [1.82, 2.24) is 4.57 Å². The van der Waals surface area contributed by atoms with Gasteiger partial charge >= 0.3 is 5.97 Å². The lowest BCUT2D eigenvalue weighted by atomic mass is 10.1. The summed E-state index contributed by atoms with van der Waals surface area (Å²) in [6.07, 6.45) is 2.32. The first-order valence-corrected chi connectivity index (χ1v) is 7.83. The van der Waals surface area contributed by atoms with Crippen LogP contribution in [0.1, 0.15) is 22.8 Å². The summed E-state index contributed by atoms with van der Waals surface area (Å²) in [5, 5.41) is 10.1. The van der Waals surface area contributed by atoms with Crippen LogP contribution in [0.3, 0.4) is 0 Å². The summed E-state index contributed by atoms with van der Waals surface area (Å²) < 4.78 is 24.9. The van der Waals surface area contributed by atoms with Gasteiger partial charge in [0.2, 0.25) is 0 Å². The van der Waals surface area contributed by atoms with Crippen molar-refractivity contribution in [2.24, 2.45) is 0 Å². The molecule has 1 unspecified atom stereocenters. The van der Waals surface area contributed by atoms with Crippen molar-refractivity contribution in [3.63, 3.8) is 0 Å². The van der Waals surface area contributed by atoms with Crippen molar-refractivity contribution in [2.75, 3.05) is 11.5 Å². The second-order valence-electron chi connectivity index (χ2n) is 4.83. The Balaban J connectivity index is 2.17. The van der Waals surface area contributed by atoms with E-state index < -0.39 is 15.8 Å². The zero-order valence-electron chi connectivity index (χ0n) is 10.1. The number of sulfone groups is 1. The predicted molar refractivity (Wildman–Crippen MR) is 71.2 cm³/mol. The summed E-state index contributed by atoms with van der Waals surface area (Å²) >= 11 is 0. The second-order valence-corrected chi connectivity index (χ2v) is 7.06. The Morgan fingerprint density at radius 2 is 2.11 bits per heavy atom. The Kier molecular flexibility index (Phi) is 2.63. The maximum absolute atomic E-state index is 11.6. The van der Waals surface area contributed by atoms with Gasteiger partial charge in [-0.3, -0.25) is 0 Å². The Hall–Kier alpha value is -1.82. The maximum Gasteiger partial charge on any atom is 0.337 e. The molecule has 1 saturated heterocycles. The van der Waals surface area contributed by atoms with E-state index in [1.165, 1.54) is 0 Å². The highest BCUT2D eigenvalue weighted by atomic mass is 32.2. The number of rotatable bonds is 2. The molecule has 0 aliphatic carbocycles. The van der Waals surface area contributed by atoms with Gasteiger partial charge in [0.15, 0.2) is 9.84 Å². The van der Waals surface area contributed by atoms with Gasteiger partial charge < -0.3 is 9.67 Å². The standard InChI is InChI=1S/C13H13NO4S/c15-13(16)11-3-1-2-9-4-6-14(12(9)11)10-5-7-19(17,18)8-10/h1-4,6,10H,5,7-8H2,(H,15,16). The largest absolute Gasteiger partial charge is 0.478 e. The molecule has 5 nitrogen and oxygen atoms in total. The van der Waals surface area contributed by atoms with E-state index in [4.69, 9.17) is 0 Å². The van der Waals surface area contributed by atoms with E-state index in [9.17, 15) is 18.3 Å². The highest BCUT2D eigenvalue weighted by Gasteiger charge is 2.30. The number of hydrogen-bond acceptors (Lipinski definition) is 3.